The number of aliphatic carboxylic acids is 1. The molecule has 19 heavy (non-hydrogen) atoms. The molecule has 1 heterocycles. The van der Waals surface area contributed by atoms with Gasteiger partial charge in [0.25, 0.3) is 0 Å². The molecule has 4 nitrogen and oxygen atoms in total. The number of aromatic nitrogens is 1. The van der Waals surface area contributed by atoms with E-state index in [2.05, 4.69) is 10.3 Å². The van der Waals surface area contributed by atoms with Gasteiger partial charge in [-0.25, -0.2) is 4.39 Å². The van der Waals surface area contributed by atoms with Gasteiger partial charge in [-0.2, -0.15) is 0 Å². The van der Waals surface area contributed by atoms with E-state index < -0.39 is 17.8 Å². The highest BCUT2D eigenvalue weighted by Gasteiger charge is 2.19. The van der Waals surface area contributed by atoms with Crippen LogP contribution >= 0.6 is 0 Å². The maximum Gasteiger partial charge on any atom is 0.325 e. The average Bonchev–Trinajstić information content (AvgIpc) is 2.42. The first-order chi connectivity index (χ1) is 9.16. The maximum absolute atomic E-state index is 12.8. The number of rotatable bonds is 5. The summed E-state index contributed by atoms with van der Waals surface area (Å²) >= 11 is 0. The van der Waals surface area contributed by atoms with Crippen molar-refractivity contribution in [2.24, 2.45) is 0 Å². The molecule has 0 fully saturated rings. The molecule has 1 atom stereocenters. The van der Waals surface area contributed by atoms with E-state index in [1.54, 1.807) is 18.3 Å². The summed E-state index contributed by atoms with van der Waals surface area (Å²) in [4.78, 5) is 15.3. The number of halogens is 1. The van der Waals surface area contributed by atoms with Crippen LogP contribution in [0.4, 0.5) is 4.39 Å². The largest absolute Gasteiger partial charge is 0.480 e. The number of nitrogens with one attached hydrogen (secondary N) is 1. The summed E-state index contributed by atoms with van der Waals surface area (Å²) in [6.07, 6.45) is 1.64. The van der Waals surface area contributed by atoms with E-state index >= 15 is 0 Å². The number of carboxylic acid groups (broad SMARTS) is 1. The second-order valence-electron chi connectivity index (χ2n) is 4.02. The van der Waals surface area contributed by atoms with Gasteiger partial charge in [0.1, 0.15) is 11.9 Å². The monoisotopic (exact) mass is 260 g/mol. The highest BCUT2D eigenvalue weighted by Crippen LogP contribution is 2.14. The highest BCUT2D eigenvalue weighted by molar-refractivity contribution is 5.75. The molecule has 1 aromatic carbocycles. The highest BCUT2D eigenvalue weighted by atomic mass is 19.1. The van der Waals surface area contributed by atoms with Gasteiger partial charge < -0.3 is 5.11 Å². The molecule has 0 saturated heterocycles. The zero-order valence-electron chi connectivity index (χ0n) is 10.1. The van der Waals surface area contributed by atoms with Crippen molar-refractivity contribution in [1.82, 2.24) is 10.3 Å². The molecule has 98 valence electrons. The lowest BCUT2D eigenvalue weighted by molar-refractivity contribution is -0.139. The summed E-state index contributed by atoms with van der Waals surface area (Å²) in [5.74, 6) is -1.40. The lowest BCUT2D eigenvalue weighted by atomic mass is 10.1. The fraction of sp³-hybridized carbons (Fsp3) is 0.143. The van der Waals surface area contributed by atoms with Crippen LogP contribution in [0.1, 0.15) is 17.3 Å². The van der Waals surface area contributed by atoms with E-state index in [-0.39, 0.29) is 0 Å². The van der Waals surface area contributed by atoms with Gasteiger partial charge in [0.2, 0.25) is 0 Å². The van der Waals surface area contributed by atoms with Crippen molar-refractivity contribution in [3.05, 3.63) is 65.7 Å². The first kappa shape index (κ1) is 13.2. The molecule has 0 spiro atoms. The lowest BCUT2D eigenvalue weighted by Gasteiger charge is -2.14. The first-order valence-corrected chi connectivity index (χ1v) is 5.78. The minimum atomic E-state index is -1.01. The third-order valence-corrected chi connectivity index (χ3v) is 2.66. The molecule has 0 saturated carbocycles. The second kappa shape index (κ2) is 6.06. The molecule has 1 unspecified atom stereocenters. The normalized spacial score (nSPS) is 12.1. The van der Waals surface area contributed by atoms with Crippen LogP contribution in [0.15, 0.2) is 48.7 Å². The zero-order valence-corrected chi connectivity index (χ0v) is 10.1. The summed E-state index contributed by atoms with van der Waals surface area (Å²) in [6.45, 7) is 0.329. The molecule has 2 rings (SSSR count). The Labute approximate surface area is 109 Å². The topological polar surface area (TPSA) is 62.2 Å². The molecule has 1 aromatic heterocycles. The Morgan fingerprint density at radius 2 is 2.00 bits per heavy atom. The quantitative estimate of drug-likeness (QED) is 0.864. The summed E-state index contributed by atoms with van der Waals surface area (Å²) in [5, 5.41) is 12.1. The Balaban J connectivity index is 2.09. The predicted molar refractivity (Wildman–Crippen MR) is 67.9 cm³/mol. The molecular weight excluding hydrogens is 247 g/mol. The Hall–Kier alpha value is -2.27. The molecule has 5 heteroatoms. The molecular formula is C14H13FN2O2. The van der Waals surface area contributed by atoms with Gasteiger partial charge >= 0.3 is 5.97 Å². The second-order valence-corrected chi connectivity index (χ2v) is 4.02. The van der Waals surface area contributed by atoms with Crippen molar-refractivity contribution in [2.45, 2.75) is 12.6 Å². The fourth-order valence-corrected chi connectivity index (χ4v) is 1.71. The van der Waals surface area contributed by atoms with Gasteiger partial charge in [-0.15, -0.1) is 0 Å². The number of hydrogen-bond donors (Lipinski definition) is 2. The number of carboxylic acids is 1. The maximum atomic E-state index is 12.8. The lowest BCUT2D eigenvalue weighted by Crippen LogP contribution is -2.28. The van der Waals surface area contributed by atoms with Crippen LogP contribution in [0.2, 0.25) is 0 Å². The number of nitrogens with zero attached hydrogens (tertiary/aromatic N) is 1. The zero-order chi connectivity index (χ0) is 13.7. The van der Waals surface area contributed by atoms with Crippen LogP contribution in [-0.4, -0.2) is 16.1 Å². The van der Waals surface area contributed by atoms with Gasteiger partial charge in [-0.3, -0.25) is 15.1 Å². The number of benzene rings is 1. The van der Waals surface area contributed by atoms with Gasteiger partial charge in [0.05, 0.1) is 5.69 Å². The molecule has 0 amide bonds. The molecule has 0 radical (unpaired) electrons. The minimum absolute atomic E-state index is 0.329. The van der Waals surface area contributed by atoms with E-state index in [0.717, 1.165) is 5.69 Å². The number of carbonyl (C=O) groups is 1. The Morgan fingerprint density at radius 3 is 2.58 bits per heavy atom. The number of hydrogen-bond acceptors (Lipinski definition) is 3. The third-order valence-electron chi connectivity index (χ3n) is 2.66. The predicted octanol–water partition coefficient (Wildman–Crippen LogP) is 2.14. The van der Waals surface area contributed by atoms with Crippen LogP contribution in [0.3, 0.4) is 0 Å². The van der Waals surface area contributed by atoms with Crippen LogP contribution in [0.5, 0.6) is 0 Å². The Bertz CT molecular complexity index is 543. The number of pyridine rings is 1. The first-order valence-electron chi connectivity index (χ1n) is 5.78. The van der Waals surface area contributed by atoms with E-state index in [4.69, 9.17) is 0 Å². The van der Waals surface area contributed by atoms with Crippen molar-refractivity contribution >= 4 is 5.97 Å². The minimum Gasteiger partial charge on any atom is -0.480 e. The molecule has 2 N–H and O–H groups in total. The average molecular weight is 260 g/mol. The standard InChI is InChI=1S/C14H13FN2O2/c15-11-6-4-10(5-7-11)13(14(18)19)17-9-12-3-1-2-8-16-12/h1-8,13,17H,9H2,(H,18,19). The van der Waals surface area contributed by atoms with Gasteiger partial charge in [-0.05, 0) is 29.8 Å². The molecule has 0 aliphatic carbocycles. The van der Waals surface area contributed by atoms with Crippen molar-refractivity contribution in [3.8, 4) is 0 Å². The molecule has 0 aliphatic heterocycles. The Kier molecular flexibility index (Phi) is 4.20. The van der Waals surface area contributed by atoms with Crippen LogP contribution in [-0.2, 0) is 11.3 Å². The third kappa shape index (κ3) is 3.59. The Morgan fingerprint density at radius 1 is 1.26 bits per heavy atom. The van der Waals surface area contributed by atoms with E-state index in [0.29, 0.717) is 12.1 Å². The van der Waals surface area contributed by atoms with Crippen molar-refractivity contribution in [3.63, 3.8) is 0 Å². The van der Waals surface area contributed by atoms with Crippen LogP contribution in [0, 0.1) is 5.82 Å². The van der Waals surface area contributed by atoms with Crippen molar-refractivity contribution < 1.29 is 14.3 Å². The van der Waals surface area contributed by atoms with E-state index in [9.17, 15) is 14.3 Å². The fourth-order valence-electron chi connectivity index (χ4n) is 1.71. The van der Waals surface area contributed by atoms with Crippen LogP contribution in [0.25, 0.3) is 0 Å². The molecule has 2 aromatic rings. The summed E-state index contributed by atoms with van der Waals surface area (Å²) < 4.78 is 12.8. The van der Waals surface area contributed by atoms with Crippen molar-refractivity contribution in [1.29, 1.82) is 0 Å². The molecule has 0 bridgehead atoms. The summed E-state index contributed by atoms with van der Waals surface area (Å²) in [5.41, 5.74) is 1.25. The summed E-state index contributed by atoms with van der Waals surface area (Å²) in [7, 11) is 0. The van der Waals surface area contributed by atoms with Crippen molar-refractivity contribution in [2.75, 3.05) is 0 Å². The SMILES string of the molecule is O=C(O)C(NCc1ccccn1)c1ccc(F)cc1. The van der Waals surface area contributed by atoms with E-state index in [1.807, 2.05) is 6.07 Å². The summed E-state index contributed by atoms with van der Waals surface area (Å²) in [6, 6.07) is 9.94. The van der Waals surface area contributed by atoms with Gasteiger partial charge in [0, 0.05) is 12.7 Å². The van der Waals surface area contributed by atoms with E-state index in [1.165, 1.54) is 24.3 Å². The smallest absolute Gasteiger partial charge is 0.325 e. The van der Waals surface area contributed by atoms with Gasteiger partial charge in [0.15, 0.2) is 0 Å². The van der Waals surface area contributed by atoms with Crippen LogP contribution < -0.4 is 5.32 Å². The molecule has 0 aliphatic rings. The van der Waals surface area contributed by atoms with Gasteiger partial charge in [-0.1, -0.05) is 18.2 Å².